The third-order valence-electron chi connectivity index (χ3n) is 3.92. The van der Waals surface area contributed by atoms with Crippen LogP contribution in [0.2, 0.25) is 0 Å². The van der Waals surface area contributed by atoms with Gasteiger partial charge in [-0.2, -0.15) is 0 Å². The highest BCUT2D eigenvalue weighted by atomic mass is 16.4. The van der Waals surface area contributed by atoms with Crippen molar-refractivity contribution in [3.63, 3.8) is 0 Å². The summed E-state index contributed by atoms with van der Waals surface area (Å²) in [6, 6.07) is 17.5. The molecule has 1 N–H and O–H groups in total. The van der Waals surface area contributed by atoms with Gasteiger partial charge < -0.3 is 9.67 Å². The minimum atomic E-state index is -0.901. The van der Waals surface area contributed by atoms with Gasteiger partial charge in [0.15, 0.2) is 0 Å². The van der Waals surface area contributed by atoms with E-state index < -0.39 is 5.97 Å². The van der Waals surface area contributed by atoms with Gasteiger partial charge >= 0.3 is 5.97 Å². The Kier molecular flexibility index (Phi) is 4.02. The SMILES string of the molecule is CC(C)=CCn1c(-c2ccc(C(=O)O)cc2)cc2ccccc21. The molecule has 1 heterocycles. The highest BCUT2D eigenvalue weighted by Crippen LogP contribution is 2.28. The van der Waals surface area contributed by atoms with Gasteiger partial charge in [0.1, 0.15) is 0 Å². The lowest BCUT2D eigenvalue weighted by atomic mass is 10.1. The molecule has 0 amide bonds. The van der Waals surface area contributed by atoms with Gasteiger partial charge in [-0.1, -0.05) is 42.0 Å². The maximum Gasteiger partial charge on any atom is 0.335 e. The molecule has 1 aromatic heterocycles. The number of benzene rings is 2. The number of allylic oxidation sites excluding steroid dienone is 2. The normalized spacial score (nSPS) is 10.7. The third kappa shape index (κ3) is 3.04. The molecule has 3 heteroatoms. The first-order valence-corrected chi connectivity index (χ1v) is 7.61. The molecule has 23 heavy (non-hydrogen) atoms. The maximum atomic E-state index is 11.0. The molecule has 0 fully saturated rings. The number of aromatic nitrogens is 1. The maximum absolute atomic E-state index is 11.0. The number of aromatic carboxylic acids is 1. The molecular weight excluding hydrogens is 286 g/mol. The number of carboxylic acid groups (broad SMARTS) is 1. The van der Waals surface area contributed by atoms with E-state index in [1.54, 1.807) is 12.1 Å². The fourth-order valence-electron chi connectivity index (χ4n) is 2.70. The van der Waals surface area contributed by atoms with Crippen LogP contribution < -0.4 is 0 Å². The summed E-state index contributed by atoms with van der Waals surface area (Å²) in [5.41, 5.74) is 4.88. The standard InChI is InChI=1S/C20H19NO2/c1-14(2)11-12-21-18-6-4-3-5-17(18)13-19(21)15-7-9-16(10-8-15)20(22)23/h3-11,13H,12H2,1-2H3,(H,22,23). The molecule has 3 rings (SSSR count). The molecule has 0 spiro atoms. The number of hydrogen-bond donors (Lipinski definition) is 1. The summed E-state index contributed by atoms with van der Waals surface area (Å²) < 4.78 is 2.26. The van der Waals surface area contributed by atoms with Crippen LogP contribution in [-0.4, -0.2) is 15.6 Å². The number of hydrogen-bond acceptors (Lipinski definition) is 1. The summed E-state index contributed by atoms with van der Waals surface area (Å²) in [6.07, 6.45) is 2.20. The summed E-state index contributed by atoms with van der Waals surface area (Å²) in [4.78, 5) is 11.0. The Morgan fingerprint density at radius 2 is 1.78 bits per heavy atom. The Balaban J connectivity index is 2.13. The van der Waals surface area contributed by atoms with E-state index in [-0.39, 0.29) is 0 Å². The molecule has 0 unspecified atom stereocenters. The first kappa shape index (κ1) is 15.1. The van der Waals surface area contributed by atoms with Crippen molar-refractivity contribution in [2.75, 3.05) is 0 Å². The van der Waals surface area contributed by atoms with Crippen LogP contribution in [-0.2, 0) is 6.54 Å². The lowest BCUT2D eigenvalue weighted by molar-refractivity contribution is 0.0697. The first-order chi connectivity index (χ1) is 11.1. The van der Waals surface area contributed by atoms with Gasteiger partial charge in [-0.25, -0.2) is 4.79 Å². The lowest BCUT2D eigenvalue weighted by Crippen LogP contribution is -1.99. The predicted octanol–water partition coefficient (Wildman–Crippen LogP) is 4.97. The number of fused-ring (bicyclic) bond motifs is 1. The van der Waals surface area contributed by atoms with Crippen LogP contribution >= 0.6 is 0 Å². The summed E-state index contributed by atoms with van der Waals surface area (Å²) in [6.45, 7) is 4.98. The first-order valence-electron chi connectivity index (χ1n) is 7.61. The van der Waals surface area contributed by atoms with Crippen molar-refractivity contribution in [2.45, 2.75) is 20.4 Å². The summed E-state index contributed by atoms with van der Waals surface area (Å²) in [7, 11) is 0. The molecule has 3 aromatic rings. The van der Waals surface area contributed by atoms with Crippen LogP contribution in [0, 0.1) is 0 Å². The van der Waals surface area contributed by atoms with Crippen molar-refractivity contribution in [2.24, 2.45) is 0 Å². The largest absolute Gasteiger partial charge is 0.478 e. The van der Waals surface area contributed by atoms with E-state index in [1.165, 1.54) is 16.5 Å². The second kappa shape index (κ2) is 6.13. The van der Waals surface area contributed by atoms with Gasteiger partial charge in [-0.3, -0.25) is 0 Å². The molecule has 0 saturated carbocycles. The molecule has 0 radical (unpaired) electrons. The van der Waals surface area contributed by atoms with Crippen LogP contribution in [0.4, 0.5) is 0 Å². The average Bonchev–Trinajstić information content (AvgIpc) is 2.91. The highest BCUT2D eigenvalue weighted by Gasteiger charge is 2.10. The molecule has 0 atom stereocenters. The van der Waals surface area contributed by atoms with Crippen molar-refractivity contribution < 1.29 is 9.90 Å². The van der Waals surface area contributed by atoms with E-state index in [4.69, 9.17) is 5.11 Å². The van der Waals surface area contributed by atoms with Crippen molar-refractivity contribution in [3.05, 3.63) is 71.8 Å². The summed E-state index contributed by atoms with van der Waals surface area (Å²) in [5.74, 6) is -0.901. The molecule has 0 saturated heterocycles. The molecule has 3 nitrogen and oxygen atoms in total. The third-order valence-corrected chi connectivity index (χ3v) is 3.92. The van der Waals surface area contributed by atoms with Crippen LogP contribution in [0.3, 0.4) is 0 Å². The van der Waals surface area contributed by atoms with Gasteiger partial charge in [0.25, 0.3) is 0 Å². The Labute approximate surface area is 135 Å². The Morgan fingerprint density at radius 3 is 2.43 bits per heavy atom. The monoisotopic (exact) mass is 305 g/mol. The van der Waals surface area contributed by atoms with Gasteiger partial charge in [0.05, 0.1) is 5.56 Å². The van der Waals surface area contributed by atoms with Gasteiger partial charge in [0, 0.05) is 23.1 Å². The second-order valence-electron chi connectivity index (χ2n) is 5.86. The topological polar surface area (TPSA) is 42.2 Å². The molecule has 0 bridgehead atoms. The van der Waals surface area contributed by atoms with Gasteiger partial charge in [0.2, 0.25) is 0 Å². The van der Waals surface area contributed by atoms with Crippen molar-refractivity contribution in [1.29, 1.82) is 0 Å². The van der Waals surface area contributed by atoms with Crippen molar-refractivity contribution in [1.82, 2.24) is 4.57 Å². The fourth-order valence-corrected chi connectivity index (χ4v) is 2.70. The van der Waals surface area contributed by atoms with Crippen molar-refractivity contribution in [3.8, 4) is 11.3 Å². The van der Waals surface area contributed by atoms with E-state index in [9.17, 15) is 4.79 Å². The summed E-state index contributed by atoms with van der Waals surface area (Å²) >= 11 is 0. The van der Waals surface area contributed by atoms with E-state index in [1.807, 2.05) is 24.3 Å². The molecule has 116 valence electrons. The zero-order valence-electron chi connectivity index (χ0n) is 13.3. The van der Waals surface area contributed by atoms with E-state index in [2.05, 4.69) is 42.7 Å². The van der Waals surface area contributed by atoms with Crippen LogP contribution in [0.15, 0.2) is 66.2 Å². The molecule has 2 aromatic carbocycles. The fraction of sp³-hybridized carbons (Fsp3) is 0.150. The highest BCUT2D eigenvalue weighted by molar-refractivity contribution is 5.90. The zero-order chi connectivity index (χ0) is 16.4. The minimum absolute atomic E-state index is 0.306. The van der Waals surface area contributed by atoms with Gasteiger partial charge in [-0.05, 0) is 43.7 Å². The number of rotatable bonds is 4. The predicted molar refractivity (Wildman–Crippen MR) is 93.8 cm³/mol. The van der Waals surface area contributed by atoms with Crippen LogP contribution in [0.1, 0.15) is 24.2 Å². The molecular formula is C20H19NO2. The lowest BCUT2D eigenvalue weighted by Gasteiger charge is -2.09. The zero-order valence-corrected chi connectivity index (χ0v) is 13.3. The summed E-state index contributed by atoms with van der Waals surface area (Å²) in [5, 5.41) is 10.2. The van der Waals surface area contributed by atoms with E-state index in [0.29, 0.717) is 5.56 Å². The van der Waals surface area contributed by atoms with E-state index in [0.717, 1.165) is 17.8 Å². The second-order valence-corrected chi connectivity index (χ2v) is 5.86. The number of carbonyl (C=O) groups is 1. The Morgan fingerprint density at radius 1 is 1.09 bits per heavy atom. The molecule has 0 aliphatic carbocycles. The van der Waals surface area contributed by atoms with E-state index >= 15 is 0 Å². The smallest absolute Gasteiger partial charge is 0.335 e. The van der Waals surface area contributed by atoms with Crippen molar-refractivity contribution >= 4 is 16.9 Å². The molecule has 0 aliphatic heterocycles. The molecule has 0 aliphatic rings. The minimum Gasteiger partial charge on any atom is -0.478 e. The average molecular weight is 305 g/mol. The number of nitrogens with zero attached hydrogens (tertiary/aromatic N) is 1. The van der Waals surface area contributed by atoms with Crippen LogP contribution in [0.5, 0.6) is 0 Å². The Bertz CT molecular complexity index is 882. The quantitative estimate of drug-likeness (QED) is 0.691. The number of para-hydroxylation sites is 1. The number of carboxylic acids is 1. The Hall–Kier alpha value is -2.81. The van der Waals surface area contributed by atoms with Crippen LogP contribution in [0.25, 0.3) is 22.2 Å². The van der Waals surface area contributed by atoms with Gasteiger partial charge in [-0.15, -0.1) is 0 Å².